The summed E-state index contributed by atoms with van der Waals surface area (Å²) < 4.78 is 23.6. The van der Waals surface area contributed by atoms with Crippen molar-refractivity contribution in [3.8, 4) is 23.0 Å². The van der Waals surface area contributed by atoms with E-state index in [1.54, 1.807) is 6.07 Å². The molecule has 0 saturated heterocycles. The van der Waals surface area contributed by atoms with Gasteiger partial charge in [0.2, 0.25) is 0 Å². The van der Waals surface area contributed by atoms with Crippen molar-refractivity contribution >= 4 is 19.5 Å². The average Bonchev–Trinajstić information content (AvgIpc) is 2.62. The van der Waals surface area contributed by atoms with Gasteiger partial charge in [0.15, 0.2) is 20.0 Å². The van der Waals surface area contributed by atoms with Gasteiger partial charge in [-0.05, 0) is 45.0 Å². The number of hydrogen-bond donors (Lipinski definition) is 1. The van der Waals surface area contributed by atoms with E-state index in [0.717, 1.165) is 11.1 Å². The van der Waals surface area contributed by atoms with Crippen molar-refractivity contribution in [2.24, 2.45) is 0 Å². The van der Waals surface area contributed by atoms with E-state index in [-0.39, 0.29) is 8.46 Å². The van der Waals surface area contributed by atoms with Gasteiger partial charge in [0.05, 0.1) is 11.0 Å². The van der Waals surface area contributed by atoms with E-state index in [1.165, 1.54) is 0 Å². The molecule has 0 aromatic heterocycles. The van der Waals surface area contributed by atoms with E-state index in [0.29, 0.717) is 39.6 Å². The van der Waals surface area contributed by atoms with Crippen LogP contribution in [0.25, 0.3) is 0 Å². The van der Waals surface area contributed by atoms with Gasteiger partial charge in [-0.2, -0.15) is 0 Å². The van der Waals surface area contributed by atoms with Crippen molar-refractivity contribution in [3.63, 3.8) is 0 Å². The molecule has 0 unspecified atom stereocenters. The summed E-state index contributed by atoms with van der Waals surface area (Å²) in [6, 6.07) is 17.1. The fourth-order valence-electron chi connectivity index (χ4n) is 2.57. The highest BCUT2D eigenvalue weighted by atomic mass is 31.1. The second-order valence-electron chi connectivity index (χ2n) is 6.19. The molecule has 3 rings (SSSR count). The Kier molecular flexibility index (Phi) is 5.24. The molecule has 0 heterocycles. The number of ether oxygens (including phenoxy) is 2. The molecular weight excluding hydrogens is 345 g/mol. The van der Waals surface area contributed by atoms with E-state index < -0.39 is 0 Å². The molecule has 0 bridgehead atoms. The molecule has 0 saturated carbocycles. The Morgan fingerprint density at radius 2 is 1.31 bits per heavy atom. The number of anilines is 1. The summed E-state index contributed by atoms with van der Waals surface area (Å²) in [5, 5.41) is 0.503. The van der Waals surface area contributed by atoms with Crippen LogP contribution in [0, 0.1) is 20.8 Å². The molecule has 26 heavy (non-hydrogen) atoms. The van der Waals surface area contributed by atoms with Crippen molar-refractivity contribution in [3.05, 3.63) is 71.3 Å². The molecule has 3 aromatic rings. The third-order valence-corrected chi connectivity index (χ3v) is 4.84. The number of hydrogen-bond acceptors (Lipinski definition) is 4. The van der Waals surface area contributed by atoms with Crippen LogP contribution in [0.5, 0.6) is 23.0 Å². The SMILES string of the molecule is Cc1ccc(Oc2cc(N)c(P=O)c(C)c2Oc2ccc(C)cc2)cc1. The standard InChI is InChI=1S/C21H20NO3P/c1-13-4-8-16(9-5-13)24-19-12-18(22)21(26-23)15(3)20(19)25-17-10-6-14(2)7-11-17/h4-12H,22H2,1-3H3. The van der Waals surface area contributed by atoms with Gasteiger partial charge >= 0.3 is 0 Å². The number of benzene rings is 3. The Morgan fingerprint density at radius 3 is 1.81 bits per heavy atom. The minimum Gasteiger partial charge on any atom is -0.453 e. The fraction of sp³-hybridized carbons (Fsp3) is 0.143. The maximum absolute atomic E-state index is 11.5. The first-order chi connectivity index (χ1) is 12.5. The van der Waals surface area contributed by atoms with Gasteiger partial charge in [-0.15, -0.1) is 0 Å². The smallest absolute Gasteiger partial charge is 0.194 e. The Balaban J connectivity index is 2.05. The van der Waals surface area contributed by atoms with Crippen LogP contribution in [-0.2, 0) is 4.57 Å². The molecule has 3 aromatic carbocycles. The van der Waals surface area contributed by atoms with Crippen molar-refractivity contribution in [1.82, 2.24) is 0 Å². The van der Waals surface area contributed by atoms with Gasteiger partial charge in [0, 0.05) is 11.6 Å². The molecule has 2 N–H and O–H groups in total. The molecule has 0 amide bonds. The number of nitrogens with two attached hydrogens (primary N) is 1. The van der Waals surface area contributed by atoms with Crippen molar-refractivity contribution in [2.75, 3.05) is 5.73 Å². The van der Waals surface area contributed by atoms with Gasteiger partial charge in [0.25, 0.3) is 0 Å². The van der Waals surface area contributed by atoms with Gasteiger partial charge in [0.1, 0.15) is 11.5 Å². The van der Waals surface area contributed by atoms with Crippen molar-refractivity contribution in [1.29, 1.82) is 0 Å². The molecule has 4 nitrogen and oxygen atoms in total. The summed E-state index contributed by atoms with van der Waals surface area (Å²) in [5.74, 6) is 2.33. The number of nitrogen functional groups attached to an aromatic ring is 1. The van der Waals surface area contributed by atoms with Crippen molar-refractivity contribution < 1.29 is 14.0 Å². The van der Waals surface area contributed by atoms with E-state index in [1.807, 2.05) is 69.3 Å². The molecular formula is C21H20NO3P. The Hall–Kier alpha value is -2.84. The zero-order valence-electron chi connectivity index (χ0n) is 14.9. The van der Waals surface area contributed by atoms with Crippen LogP contribution in [-0.4, -0.2) is 0 Å². The average molecular weight is 365 g/mol. The first-order valence-electron chi connectivity index (χ1n) is 8.23. The highest BCUT2D eigenvalue weighted by molar-refractivity contribution is 7.34. The first-order valence-corrected chi connectivity index (χ1v) is 9.04. The van der Waals surface area contributed by atoms with Gasteiger partial charge in [-0.3, -0.25) is 4.57 Å². The molecule has 0 aliphatic carbocycles. The van der Waals surface area contributed by atoms with E-state index in [9.17, 15) is 4.57 Å². The second kappa shape index (κ2) is 7.59. The lowest BCUT2D eigenvalue weighted by molar-refractivity contribution is 0.417. The van der Waals surface area contributed by atoms with Crippen LogP contribution in [0.15, 0.2) is 54.6 Å². The zero-order chi connectivity index (χ0) is 18.7. The van der Waals surface area contributed by atoms with Crippen LogP contribution in [0.2, 0.25) is 0 Å². The Bertz CT molecular complexity index is 935. The fourth-order valence-corrected chi connectivity index (χ4v) is 2.97. The second-order valence-corrected chi connectivity index (χ2v) is 6.82. The van der Waals surface area contributed by atoms with Crippen molar-refractivity contribution in [2.45, 2.75) is 20.8 Å². The number of rotatable bonds is 5. The first kappa shape index (κ1) is 18.0. The quantitative estimate of drug-likeness (QED) is 0.466. The molecule has 0 fully saturated rings. The Morgan fingerprint density at radius 1 is 0.808 bits per heavy atom. The highest BCUT2D eigenvalue weighted by Crippen LogP contribution is 2.39. The molecule has 0 spiro atoms. The van der Waals surface area contributed by atoms with E-state index in [2.05, 4.69) is 0 Å². The van der Waals surface area contributed by atoms with E-state index in [4.69, 9.17) is 15.2 Å². The number of aryl methyl sites for hydroxylation is 2. The maximum atomic E-state index is 11.5. The summed E-state index contributed by atoms with van der Waals surface area (Å²) in [6.07, 6.45) is 0. The van der Waals surface area contributed by atoms with E-state index >= 15 is 0 Å². The largest absolute Gasteiger partial charge is 0.453 e. The topological polar surface area (TPSA) is 61.5 Å². The van der Waals surface area contributed by atoms with Crippen LogP contribution in [0.3, 0.4) is 0 Å². The molecule has 132 valence electrons. The predicted molar refractivity (Wildman–Crippen MR) is 105 cm³/mol. The monoisotopic (exact) mass is 365 g/mol. The zero-order valence-corrected chi connectivity index (χ0v) is 15.8. The lowest BCUT2D eigenvalue weighted by Gasteiger charge is -2.17. The summed E-state index contributed by atoms with van der Waals surface area (Å²) in [7, 11) is -0.155. The molecule has 0 radical (unpaired) electrons. The molecule has 5 heteroatoms. The summed E-state index contributed by atoms with van der Waals surface area (Å²) in [4.78, 5) is 0. The summed E-state index contributed by atoms with van der Waals surface area (Å²) >= 11 is 0. The minimum atomic E-state index is -0.155. The molecule has 0 aliphatic heterocycles. The highest BCUT2D eigenvalue weighted by Gasteiger charge is 2.18. The van der Waals surface area contributed by atoms with Gasteiger partial charge in [-0.25, -0.2) is 0 Å². The molecule has 0 aliphatic rings. The normalized spacial score (nSPS) is 10.7. The summed E-state index contributed by atoms with van der Waals surface area (Å²) in [6.45, 7) is 5.85. The molecule has 0 atom stereocenters. The minimum absolute atomic E-state index is 0.155. The van der Waals surface area contributed by atoms with Crippen LogP contribution < -0.4 is 20.5 Å². The van der Waals surface area contributed by atoms with Gasteiger partial charge in [-0.1, -0.05) is 35.4 Å². The maximum Gasteiger partial charge on any atom is 0.194 e. The van der Waals surface area contributed by atoms with Crippen LogP contribution in [0.1, 0.15) is 16.7 Å². The van der Waals surface area contributed by atoms with Gasteiger partial charge < -0.3 is 15.2 Å². The Labute approximate surface area is 154 Å². The lowest BCUT2D eigenvalue weighted by Crippen LogP contribution is -2.09. The van der Waals surface area contributed by atoms with Crippen LogP contribution in [0.4, 0.5) is 5.69 Å². The lowest BCUT2D eigenvalue weighted by atomic mass is 10.1. The van der Waals surface area contributed by atoms with Crippen LogP contribution >= 0.6 is 8.46 Å². The third kappa shape index (κ3) is 3.87. The predicted octanol–water partition coefficient (Wildman–Crippen LogP) is 5.70. The third-order valence-electron chi connectivity index (χ3n) is 4.06. The summed E-state index contributed by atoms with van der Waals surface area (Å²) in [5.41, 5.74) is 9.42.